The average Bonchev–Trinajstić information content (AvgIpc) is 2.75. The fraction of sp³-hybridized carbons (Fsp3) is 0.308. The molecule has 82 valence electrons. The van der Waals surface area contributed by atoms with Crippen LogP contribution >= 0.6 is 11.3 Å². The molecule has 2 nitrogen and oxygen atoms in total. The zero-order valence-corrected chi connectivity index (χ0v) is 10.1. The minimum Gasteiger partial charge on any atom is -0.352 e. The van der Waals surface area contributed by atoms with E-state index in [0.717, 1.165) is 25.3 Å². The first-order valence-corrected chi connectivity index (χ1v) is 6.44. The Morgan fingerprint density at radius 2 is 2.31 bits per heavy atom. The molecule has 3 heterocycles. The summed E-state index contributed by atoms with van der Waals surface area (Å²) in [6.45, 7) is 4.21. The molecule has 0 fully saturated rings. The Kier molecular flexibility index (Phi) is 2.40. The highest BCUT2D eigenvalue weighted by atomic mass is 32.1. The van der Waals surface area contributed by atoms with Gasteiger partial charge in [-0.15, -0.1) is 11.3 Å². The van der Waals surface area contributed by atoms with Crippen LogP contribution in [0.3, 0.4) is 0 Å². The largest absolute Gasteiger partial charge is 0.352 e. The number of aromatic nitrogens is 1. The monoisotopic (exact) mass is 230 g/mol. The van der Waals surface area contributed by atoms with E-state index in [0.29, 0.717) is 0 Å². The highest BCUT2D eigenvalue weighted by Gasteiger charge is 2.17. The van der Waals surface area contributed by atoms with E-state index < -0.39 is 0 Å². The van der Waals surface area contributed by atoms with Crippen LogP contribution in [0.25, 0.3) is 0 Å². The van der Waals surface area contributed by atoms with Gasteiger partial charge < -0.3 is 4.90 Å². The van der Waals surface area contributed by atoms with Gasteiger partial charge in [0.15, 0.2) is 0 Å². The number of nitrogens with zero attached hydrogens (tertiary/aromatic N) is 2. The summed E-state index contributed by atoms with van der Waals surface area (Å²) in [6, 6.07) is 6.45. The van der Waals surface area contributed by atoms with E-state index in [1.54, 1.807) is 4.88 Å². The van der Waals surface area contributed by atoms with E-state index in [9.17, 15) is 0 Å². The predicted molar refractivity (Wildman–Crippen MR) is 68.0 cm³/mol. The molecule has 0 aliphatic carbocycles. The number of fused-ring (bicyclic) bond motifs is 1. The van der Waals surface area contributed by atoms with E-state index >= 15 is 0 Å². The normalized spacial score (nSPS) is 14.9. The number of pyridine rings is 1. The van der Waals surface area contributed by atoms with Crippen molar-refractivity contribution in [3.8, 4) is 0 Å². The summed E-state index contributed by atoms with van der Waals surface area (Å²) in [5, 5.41) is 2.19. The lowest BCUT2D eigenvalue weighted by atomic mass is 10.1. The standard InChI is InChI=1S/C13H14N2S/c1-10-2-5-14-13(8-10)15-6-3-12-11(9-15)4-7-16-12/h2,4-5,7-8H,3,6,9H2,1H3. The Labute approximate surface area is 99.6 Å². The summed E-state index contributed by atoms with van der Waals surface area (Å²) < 4.78 is 0. The van der Waals surface area contributed by atoms with Crippen LogP contribution in [0.4, 0.5) is 5.82 Å². The van der Waals surface area contributed by atoms with Crippen LogP contribution in [0.15, 0.2) is 29.8 Å². The lowest BCUT2D eigenvalue weighted by molar-refractivity contribution is 0.731. The highest BCUT2D eigenvalue weighted by molar-refractivity contribution is 7.10. The molecule has 0 saturated carbocycles. The zero-order valence-electron chi connectivity index (χ0n) is 9.31. The van der Waals surface area contributed by atoms with Gasteiger partial charge in [0, 0.05) is 24.2 Å². The maximum atomic E-state index is 4.45. The van der Waals surface area contributed by atoms with Crippen molar-refractivity contribution >= 4 is 17.2 Å². The van der Waals surface area contributed by atoms with Crippen molar-refractivity contribution < 1.29 is 0 Å². The summed E-state index contributed by atoms with van der Waals surface area (Å²) in [6.07, 6.45) is 3.05. The molecule has 2 aromatic heterocycles. The van der Waals surface area contributed by atoms with Gasteiger partial charge in [-0.1, -0.05) is 0 Å². The second-order valence-corrected chi connectivity index (χ2v) is 5.23. The van der Waals surface area contributed by atoms with Crippen LogP contribution in [-0.4, -0.2) is 11.5 Å². The lowest BCUT2D eigenvalue weighted by Gasteiger charge is -2.28. The van der Waals surface area contributed by atoms with Crippen LogP contribution in [0.2, 0.25) is 0 Å². The lowest BCUT2D eigenvalue weighted by Crippen LogP contribution is -2.30. The second-order valence-electron chi connectivity index (χ2n) is 4.23. The molecule has 0 unspecified atom stereocenters. The fourth-order valence-electron chi connectivity index (χ4n) is 2.14. The molecule has 0 amide bonds. The van der Waals surface area contributed by atoms with Crippen molar-refractivity contribution in [2.45, 2.75) is 19.9 Å². The molecule has 0 aromatic carbocycles. The van der Waals surface area contributed by atoms with Crippen LogP contribution in [0.1, 0.15) is 16.0 Å². The number of hydrogen-bond donors (Lipinski definition) is 0. The maximum Gasteiger partial charge on any atom is 0.129 e. The summed E-state index contributed by atoms with van der Waals surface area (Å²) in [7, 11) is 0. The van der Waals surface area contributed by atoms with Crippen molar-refractivity contribution in [2.24, 2.45) is 0 Å². The summed E-state index contributed by atoms with van der Waals surface area (Å²) >= 11 is 1.88. The molecule has 3 rings (SSSR count). The van der Waals surface area contributed by atoms with Crippen LogP contribution in [0.5, 0.6) is 0 Å². The SMILES string of the molecule is Cc1ccnc(N2CCc3sccc3C2)c1. The van der Waals surface area contributed by atoms with E-state index in [1.807, 2.05) is 23.6 Å². The molecule has 0 radical (unpaired) electrons. The topological polar surface area (TPSA) is 16.1 Å². The molecule has 3 heteroatoms. The van der Waals surface area contributed by atoms with Crippen molar-refractivity contribution in [1.29, 1.82) is 0 Å². The minimum atomic E-state index is 1.01. The fourth-order valence-corrected chi connectivity index (χ4v) is 3.03. The van der Waals surface area contributed by atoms with Crippen molar-refractivity contribution in [3.63, 3.8) is 0 Å². The maximum absolute atomic E-state index is 4.45. The molecule has 0 saturated heterocycles. The van der Waals surface area contributed by atoms with Gasteiger partial charge in [0.25, 0.3) is 0 Å². The molecule has 0 atom stereocenters. The van der Waals surface area contributed by atoms with E-state index in [-0.39, 0.29) is 0 Å². The Bertz CT molecular complexity index is 504. The Hall–Kier alpha value is -1.35. The summed E-state index contributed by atoms with van der Waals surface area (Å²) in [4.78, 5) is 8.36. The molecular formula is C13H14N2S. The third-order valence-corrected chi connectivity index (χ3v) is 4.06. The minimum absolute atomic E-state index is 1.01. The molecule has 2 aromatic rings. The Balaban J connectivity index is 1.88. The average molecular weight is 230 g/mol. The molecule has 0 N–H and O–H groups in total. The Morgan fingerprint density at radius 1 is 1.38 bits per heavy atom. The first-order chi connectivity index (χ1) is 7.83. The summed E-state index contributed by atoms with van der Waals surface area (Å²) in [5.41, 5.74) is 2.75. The van der Waals surface area contributed by atoms with Crippen LogP contribution < -0.4 is 4.90 Å². The van der Waals surface area contributed by atoms with Gasteiger partial charge in [-0.3, -0.25) is 0 Å². The van der Waals surface area contributed by atoms with Gasteiger partial charge in [0.1, 0.15) is 5.82 Å². The third-order valence-electron chi connectivity index (χ3n) is 3.03. The molecule has 1 aliphatic heterocycles. The van der Waals surface area contributed by atoms with E-state index in [4.69, 9.17) is 0 Å². The second kappa shape index (κ2) is 3.91. The predicted octanol–water partition coefficient (Wildman–Crippen LogP) is 3.01. The number of aryl methyl sites for hydroxylation is 1. The molecule has 1 aliphatic rings. The van der Waals surface area contributed by atoms with Gasteiger partial charge in [0.05, 0.1) is 0 Å². The molecule has 0 bridgehead atoms. The van der Waals surface area contributed by atoms with Gasteiger partial charge in [0.2, 0.25) is 0 Å². The summed E-state index contributed by atoms with van der Waals surface area (Å²) in [5.74, 6) is 1.11. The number of thiophene rings is 1. The molecule has 16 heavy (non-hydrogen) atoms. The molecule has 0 spiro atoms. The first kappa shape index (κ1) is 9.85. The van der Waals surface area contributed by atoms with Gasteiger partial charge >= 0.3 is 0 Å². The van der Waals surface area contributed by atoms with Crippen molar-refractivity contribution in [1.82, 2.24) is 4.98 Å². The quantitative estimate of drug-likeness (QED) is 0.748. The third kappa shape index (κ3) is 1.71. The number of hydrogen-bond acceptors (Lipinski definition) is 3. The Morgan fingerprint density at radius 3 is 3.19 bits per heavy atom. The van der Waals surface area contributed by atoms with Crippen LogP contribution in [0, 0.1) is 6.92 Å². The number of rotatable bonds is 1. The van der Waals surface area contributed by atoms with Crippen molar-refractivity contribution in [3.05, 3.63) is 45.8 Å². The number of anilines is 1. The smallest absolute Gasteiger partial charge is 0.129 e. The van der Waals surface area contributed by atoms with E-state index in [2.05, 4.69) is 34.3 Å². The molecular weight excluding hydrogens is 216 g/mol. The van der Waals surface area contributed by atoms with Crippen molar-refractivity contribution in [2.75, 3.05) is 11.4 Å². The first-order valence-electron chi connectivity index (χ1n) is 5.56. The van der Waals surface area contributed by atoms with Gasteiger partial charge in [-0.05, 0) is 48.1 Å². The zero-order chi connectivity index (χ0) is 11.0. The van der Waals surface area contributed by atoms with Crippen LogP contribution in [-0.2, 0) is 13.0 Å². The van der Waals surface area contributed by atoms with Gasteiger partial charge in [-0.25, -0.2) is 4.98 Å². The highest BCUT2D eigenvalue weighted by Crippen LogP contribution is 2.26. The van der Waals surface area contributed by atoms with E-state index in [1.165, 1.54) is 11.1 Å². The van der Waals surface area contributed by atoms with Gasteiger partial charge in [-0.2, -0.15) is 0 Å².